The number of carbonyl (C=O) groups is 1. The van der Waals surface area contributed by atoms with Crippen molar-refractivity contribution in [1.82, 2.24) is 15.5 Å². The van der Waals surface area contributed by atoms with Crippen molar-refractivity contribution < 1.29 is 9.53 Å². The first-order chi connectivity index (χ1) is 8.22. The smallest absolute Gasteiger partial charge is 0.358 e. The van der Waals surface area contributed by atoms with Gasteiger partial charge in [0, 0.05) is 19.6 Å². The lowest BCUT2D eigenvalue weighted by Crippen LogP contribution is -2.34. The average Bonchev–Trinajstić information content (AvgIpc) is 2.91. The van der Waals surface area contributed by atoms with Crippen LogP contribution in [0, 0.1) is 0 Å². The molecule has 1 saturated heterocycles. The first kappa shape index (κ1) is 11.8. The molecule has 1 aliphatic heterocycles. The summed E-state index contributed by atoms with van der Waals surface area (Å²) in [5, 5.41) is 11.2. The van der Waals surface area contributed by atoms with E-state index in [0.29, 0.717) is 6.04 Å². The number of nitrogens with zero attached hydrogens (tertiary/aromatic N) is 3. The molecule has 1 unspecified atom stereocenters. The zero-order valence-corrected chi connectivity index (χ0v) is 10.0. The van der Waals surface area contributed by atoms with Crippen LogP contribution in [0.25, 0.3) is 0 Å². The first-order valence-electron chi connectivity index (χ1n) is 5.58. The van der Waals surface area contributed by atoms with Gasteiger partial charge in [-0.15, -0.1) is 10.2 Å². The Morgan fingerprint density at radius 2 is 2.35 bits per heavy atom. The quantitative estimate of drug-likeness (QED) is 0.749. The third kappa shape index (κ3) is 2.52. The maximum Gasteiger partial charge on any atom is 0.358 e. The van der Waals surface area contributed by atoms with Gasteiger partial charge in [0.25, 0.3) is 0 Å². The highest BCUT2D eigenvalue weighted by atomic mass is 16.5. The molecule has 0 spiro atoms. The van der Waals surface area contributed by atoms with Crippen LogP contribution in [0.4, 0.5) is 5.82 Å². The van der Waals surface area contributed by atoms with Gasteiger partial charge in [-0.1, -0.05) is 0 Å². The maximum atomic E-state index is 11.2. The van der Waals surface area contributed by atoms with E-state index in [2.05, 4.69) is 25.2 Å². The number of hydrogen-bond acceptors (Lipinski definition) is 6. The minimum atomic E-state index is -0.464. The van der Waals surface area contributed by atoms with Crippen molar-refractivity contribution in [3.63, 3.8) is 0 Å². The van der Waals surface area contributed by atoms with E-state index in [9.17, 15) is 4.79 Å². The number of carbonyl (C=O) groups excluding carboxylic acids is 1. The lowest BCUT2D eigenvalue weighted by Gasteiger charge is -2.24. The first-order valence-corrected chi connectivity index (χ1v) is 5.58. The summed E-state index contributed by atoms with van der Waals surface area (Å²) in [7, 11) is 3.31. The summed E-state index contributed by atoms with van der Waals surface area (Å²) in [5.74, 6) is 0.306. The Balaban J connectivity index is 2.09. The van der Waals surface area contributed by atoms with Gasteiger partial charge in [-0.25, -0.2) is 4.79 Å². The number of nitrogens with one attached hydrogen (secondary N) is 1. The van der Waals surface area contributed by atoms with Gasteiger partial charge in [-0.05, 0) is 25.1 Å². The Kier molecular flexibility index (Phi) is 3.53. The highest BCUT2D eigenvalue weighted by Gasteiger charge is 2.20. The number of esters is 1. The number of hydrogen-bond donors (Lipinski definition) is 1. The van der Waals surface area contributed by atoms with E-state index >= 15 is 0 Å². The second-order valence-electron chi connectivity index (χ2n) is 4.03. The van der Waals surface area contributed by atoms with Crippen LogP contribution < -0.4 is 10.2 Å². The van der Waals surface area contributed by atoms with Crippen molar-refractivity contribution in [1.29, 1.82) is 0 Å². The molecule has 0 aliphatic carbocycles. The van der Waals surface area contributed by atoms with Crippen LogP contribution in [0.3, 0.4) is 0 Å². The molecule has 0 aromatic carbocycles. The van der Waals surface area contributed by atoms with Crippen LogP contribution in [-0.4, -0.2) is 49.5 Å². The molecule has 6 nitrogen and oxygen atoms in total. The van der Waals surface area contributed by atoms with Crippen LogP contribution in [0.15, 0.2) is 12.1 Å². The summed E-state index contributed by atoms with van der Waals surface area (Å²) in [6, 6.07) is 3.86. The van der Waals surface area contributed by atoms with Crippen molar-refractivity contribution in [2.75, 3.05) is 32.1 Å². The van der Waals surface area contributed by atoms with Gasteiger partial charge in [0.05, 0.1) is 7.11 Å². The van der Waals surface area contributed by atoms with Gasteiger partial charge in [0.15, 0.2) is 11.5 Å². The molecule has 0 amide bonds. The second-order valence-corrected chi connectivity index (χ2v) is 4.03. The summed E-state index contributed by atoms with van der Waals surface area (Å²) in [6.45, 7) is 1.99. The lowest BCUT2D eigenvalue weighted by molar-refractivity contribution is 0.0592. The van der Waals surface area contributed by atoms with Crippen molar-refractivity contribution >= 4 is 11.8 Å². The Labute approximate surface area is 100.0 Å². The Bertz CT molecular complexity index is 387. The topological polar surface area (TPSA) is 67.3 Å². The molecular formula is C11H16N4O2. The van der Waals surface area contributed by atoms with Crippen molar-refractivity contribution in [2.24, 2.45) is 0 Å². The molecule has 17 heavy (non-hydrogen) atoms. The zero-order valence-electron chi connectivity index (χ0n) is 10.0. The van der Waals surface area contributed by atoms with E-state index in [1.165, 1.54) is 7.11 Å². The van der Waals surface area contributed by atoms with Gasteiger partial charge in [0.2, 0.25) is 0 Å². The molecule has 1 N–H and O–H groups in total. The van der Waals surface area contributed by atoms with E-state index in [1.807, 2.05) is 7.05 Å². The second kappa shape index (κ2) is 5.09. The molecule has 0 bridgehead atoms. The molecular weight excluding hydrogens is 220 g/mol. The van der Waals surface area contributed by atoms with Crippen LogP contribution >= 0.6 is 0 Å². The van der Waals surface area contributed by atoms with E-state index in [-0.39, 0.29) is 5.69 Å². The Hall–Kier alpha value is -1.69. The number of aromatic nitrogens is 2. The van der Waals surface area contributed by atoms with Crippen LogP contribution in [0.1, 0.15) is 16.9 Å². The monoisotopic (exact) mass is 236 g/mol. The standard InChI is InChI=1S/C11H16N4O2/c1-15(8-5-6-12-7-8)10-4-3-9(13-14-10)11(16)17-2/h3-4,8,12H,5-7H2,1-2H3. The molecule has 1 atom stereocenters. The minimum absolute atomic E-state index is 0.231. The average molecular weight is 236 g/mol. The predicted molar refractivity (Wildman–Crippen MR) is 63.0 cm³/mol. The van der Waals surface area contributed by atoms with E-state index < -0.39 is 5.97 Å². The number of anilines is 1. The molecule has 1 aromatic heterocycles. The molecule has 1 fully saturated rings. The third-order valence-electron chi connectivity index (χ3n) is 2.99. The molecule has 2 rings (SSSR count). The molecule has 92 valence electrons. The van der Waals surface area contributed by atoms with Gasteiger partial charge in [0.1, 0.15) is 0 Å². The summed E-state index contributed by atoms with van der Waals surface area (Å²) in [6.07, 6.45) is 1.09. The molecule has 1 aromatic rings. The fourth-order valence-corrected chi connectivity index (χ4v) is 1.88. The fourth-order valence-electron chi connectivity index (χ4n) is 1.88. The summed E-state index contributed by atoms with van der Waals surface area (Å²) >= 11 is 0. The normalized spacial score (nSPS) is 19.1. The molecule has 0 radical (unpaired) electrons. The molecule has 1 aliphatic rings. The van der Waals surface area contributed by atoms with Gasteiger partial charge in [-0.3, -0.25) is 0 Å². The molecule has 2 heterocycles. The van der Waals surface area contributed by atoms with Crippen molar-refractivity contribution in [3.8, 4) is 0 Å². The number of likely N-dealkylation sites (N-methyl/N-ethyl adjacent to an activating group) is 1. The van der Waals surface area contributed by atoms with Crippen molar-refractivity contribution in [2.45, 2.75) is 12.5 Å². The SMILES string of the molecule is COC(=O)c1ccc(N(C)C2CCNC2)nn1. The van der Waals surface area contributed by atoms with Gasteiger partial charge in [-0.2, -0.15) is 0 Å². The number of ether oxygens (including phenoxy) is 1. The van der Waals surface area contributed by atoms with Crippen molar-refractivity contribution in [3.05, 3.63) is 17.8 Å². The fraction of sp³-hybridized carbons (Fsp3) is 0.545. The van der Waals surface area contributed by atoms with Crippen LogP contribution in [0.2, 0.25) is 0 Å². The molecule has 6 heteroatoms. The van der Waals surface area contributed by atoms with Gasteiger partial charge < -0.3 is 15.0 Å². The van der Waals surface area contributed by atoms with E-state index in [4.69, 9.17) is 0 Å². The minimum Gasteiger partial charge on any atom is -0.464 e. The summed E-state index contributed by atoms with van der Waals surface area (Å²) < 4.78 is 4.57. The molecule has 0 saturated carbocycles. The summed E-state index contributed by atoms with van der Waals surface area (Å²) in [5.41, 5.74) is 0.231. The largest absolute Gasteiger partial charge is 0.464 e. The summed E-state index contributed by atoms with van der Waals surface area (Å²) in [4.78, 5) is 13.3. The third-order valence-corrected chi connectivity index (χ3v) is 2.99. The van der Waals surface area contributed by atoms with E-state index in [1.54, 1.807) is 12.1 Å². The van der Waals surface area contributed by atoms with Crippen LogP contribution in [-0.2, 0) is 4.74 Å². The van der Waals surface area contributed by atoms with Crippen LogP contribution in [0.5, 0.6) is 0 Å². The van der Waals surface area contributed by atoms with E-state index in [0.717, 1.165) is 25.3 Å². The van der Waals surface area contributed by atoms with Gasteiger partial charge >= 0.3 is 5.97 Å². The maximum absolute atomic E-state index is 11.2. The highest BCUT2D eigenvalue weighted by Crippen LogP contribution is 2.15. The number of rotatable bonds is 3. The predicted octanol–water partition coefficient (Wildman–Crippen LogP) is 0.0613. The Morgan fingerprint density at radius 3 is 2.88 bits per heavy atom. The Morgan fingerprint density at radius 1 is 1.53 bits per heavy atom. The lowest BCUT2D eigenvalue weighted by atomic mass is 10.2. The number of methoxy groups -OCH3 is 1. The zero-order chi connectivity index (χ0) is 12.3. The highest BCUT2D eigenvalue weighted by molar-refractivity contribution is 5.86.